The van der Waals surface area contributed by atoms with Gasteiger partial charge in [-0.1, -0.05) is 43.3 Å². The molecule has 0 bridgehead atoms. The fourth-order valence-corrected chi connectivity index (χ4v) is 3.87. The fraction of sp³-hybridized carbons (Fsp3) is 0.273. The molecule has 0 aliphatic rings. The van der Waals surface area contributed by atoms with Crippen LogP contribution >= 0.6 is 11.3 Å². The van der Waals surface area contributed by atoms with Gasteiger partial charge < -0.3 is 10.2 Å². The highest BCUT2D eigenvalue weighted by atomic mass is 32.1. The minimum absolute atomic E-state index is 0.0516. The van der Waals surface area contributed by atoms with Crippen molar-refractivity contribution in [1.29, 1.82) is 0 Å². The number of amides is 1. The standard InChI is InChI=1S/C22H25N3OS/c1-4-16-5-11-19(12-6-16)22-24-20(15-27-22)14-25(3)13-17-7-9-18(10-8-17)21(26)23-2/h5-12,15H,4,13-14H2,1-3H3,(H,23,26)/p+1. The number of carbonyl (C=O) groups excluding carboxylic acids is 1. The number of thiazole rings is 1. The quantitative estimate of drug-likeness (QED) is 0.662. The predicted molar refractivity (Wildman–Crippen MR) is 111 cm³/mol. The van der Waals surface area contributed by atoms with Gasteiger partial charge in [0.05, 0.1) is 7.05 Å². The summed E-state index contributed by atoms with van der Waals surface area (Å²) in [5.74, 6) is -0.0516. The summed E-state index contributed by atoms with van der Waals surface area (Å²) < 4.78 is 0. The van der Waals surface area contributed by atoms with E-state index in [1.165, 1.54) is 21.6 Å². The molecule has 0 saturated heterocycles. The molecule has 0 radical (unpaired) electrons. The van der Waals surface area contributed by atoms with Crippen LogP contribution in [0.25, 0.3) is 10.6 Å². The molecule has 1 aromatic heterocycles. The van der Waals surface area contributed by atoms with E-state index in [0.717, 1.165) is 30.2 Å². The maximum Gasteiger partial charge on any atom is 0.251 e. The Morgan fingerprint density at radius 2 is 1.70 bits per heavy atom. The molecule has 0 fully saturated rings. The average molecular weight is 381 g/mol. The Labute approximate surface area is 164 Å². The van der Waals surface area contributed by atoms with Gasteiger partial charge in [0.25, 0.3) is 5.91 Å². The normalized spacial score (nSPS) is 12.0. The van der Waals surface area contributed by atoms with Gasteiger partial charge in [0.15, 0.2) is 0 Å². The van der Waals surface area contributed by atoms with E-state index in [1.54, 1.807) is 18.4 Å². The molecule has 0 spiro atoms. The van der Waals surface area contributed by atoms with Crippen molar-refractivity contribution in [2.45, 2.75) is 26.4 Å². The second kappa shape index (κ2) is 8.93. The van der Waals surface area contributed by atoms with Crippen molar-refractivity contribution in [3.8, 4) is 10.6 Å². The average Bonchev–Trinajstić information content (AvgIpc) is 3.16. The number of rotatable bonds is 7. The lowest BCUT2D eigenvalue weighted by Crippen LogP contribution is -3.06. The largest absolute Gasteiger partial charge is 0.355 e. The summed E-state index contributed by atoms with van der Waals surface area (Å²) in [7, 11) is 3.82. The van der Waals surface area contributed by atoms with Gasteiger partial charge in [-0.25, -0.2) is 4.98 Å². The summed E-state index contributed by atoms with van der Waals surface area (Å²) in [4.78, 5) is 17.8. The predicted octanol–water partition coefficient (Wildman–Crippen LogP) is 2.95. The lowest BCUT2D eigenvalue weighted by Gasteiger charge is -2.13. The second-order valence-electron chi connectivity index (χ2n) is 6.78. The molecule has 1 heterocycles. The Hall–Kier alpha value is -2.50. The van der Waals surface area contributed by atoms with Gasteiger partial charge in [-0.05, 0) is 24.1 Å². The van der Waals surface area contributed by atoms with Gasteiger partial charge in [0, 0.05) is 29.1 Å². The second-order valence-corrected chi connectivity index (χ2v) is 7.64. The monoisotopic (exact) mass is 380 g/mol. The summed E-state index contributed by atoms with van der Waals surface area (Å²) in [6.45, 7) is 3.94. The molecule has 1 atom stereocenters. The maximum atomic E-state index is 11.6. The van der Waals surface area contributed by atoms with Crippen LogP contribution in [0.15, 0.2) is 53.9 Å². The van der Waals surface area contributed by atoms with Gasteiger partial charge in [-0.2, -0.15) is 0 Å². The molecule has 2 N–H and O–H groups in total. The first-order chi connectivity index (χ1) is 13.1. The SMILES string of the molecule is CCc1ccc(-c2nc(C[NH+](C)Cc3ccc(C(=O)NC)cc3)cs2)cc1. The smallest absolute Gasteiger partial charge is 0.251 e. The van der Waals surface area contributed by atoms with Crippen LogP contribution in [0.3, 0.4) is 0 Å². The Kier molecular flexibility index (Phi) is 6.37. The number of hydrogen-bond donors (Lipinski definition) is 2. The van der Waals surface area contributed by atoms with Crippen LogP contribution in [0.2, 0.25) is 0 Å². The summed E-state index contributed by atoms with van der Waals surface area (Å²) >= 11 is 1.70. The van der Waals surface area contributed by atoms with Crippen molar-refractivity contribution >= 4 is 17.2 Å². The van der Waals surface area contributed by atoms with Crippen LogP contribution in [-0.4, -0.2) is 25.0 Å². The van der Waals surface area contributed by atoms with E-state index in [4.69, 9.17) is 4.98 Å². The summed E-state index contributed by atoms with van der Waals surface area (Å²) in [6.07, 6.45) is 1.06. The van der Waals surface area contributed by atoms with E-state index in [-0.39, 0.29) is 5.91 Å². The first kappa shape index (κ1) is 19.3. The van der Waals surface area contributed by atoms with E-state index >= 15 is 0 Å². The van der Waals surface area contributed by atoms with Crippen molar-refractivity contribution in [3.05, 3.63) is 76.3 Å². The maximum absolute atomic E-state index is 11.6. The third kappa shape index (κ3) is 5.02. The molecule has 140 valence electrons. The third-order valence-corrected chi connectivity index (χ3v) is 5.53. The first-order valence-electron chi connectivity index (χ1n) is 9.25. The van der Waals surface area contributed by atoms with Gasteiger partial charge in [-0.15, -0.1) is 11.3 Å². The van der Waals surface area contributed by atoms with Crippen LogP contribution in [0.1, 0.15) is 34.1 Å². The zero-order valence-electron chi connectivity index (χ0n) is 16.1. The molecule has 27 heavy (non-hydrogen) atoms. The van der Waals surface area contributed by atoms with Crippen molar-refractivity contribution in [2.24, 2.45) is 0 Å². The van der Waals surface area contributed by atoms with E-state index in [0.29, 0.717) is 5.56 Å². The molecule has 1 unspecified atom stereocenters. The van der Waals surface area contributed by atoms with E-state index in [1.807, 2.05) is 24.3 Å². The van der Waals surface area contributed by atoms with Crippen LogP contribution in [-0.2, 0) is 19.5 Å². The Balaban J connectivity index is 1.60. The van der Waals surface area contributed by atoms with E-state index in [9.17, 15) is 4.79 Å². The van der Waals surface area contributed by atoms with Gasteiger partial charge in [-0.3, -0.25) is 4.79 Å². The van der Waals surface area contributed by atoms with Gasteiger partial charge in [0.1, 0.15) is 23.8 Å². The minimum atomic E-state index is -0.0516. The topological polar surface area (TPSA) is 46.4 Å². The number of benzene rings is 2. The highest BCUT2D eigenvalue weighted by molar-refractivity contribution is 7.13. The third-order valence-electron chi connectivity index (χ3n) is 4.59. The number of quaternary nitrogens is 1. The molecule has 5 heteroatoms. The van der Waals surface area contributed by atoms with Gasteiger partial charge >= 0.3 is 0 Å². The number of hydrogen-bond acceptors (Lipinski definition) is 3. The number of carbonyl (C=O) groups is 1. The number of aromatic nitrogens is 1. The number of nitrogens with zero attached hydrogens (tertiary/aromatic N) is 1. The van der Waals surface area contributed by atoms with Crippen molar-refractivity contribution in [3.63, 3.8) is 0 Å². The lowest BCUT2D eigenvalue weighted by molar-refractivity contribution is -0.908. The molecule has 0 saturated carbocycles. The van der Waals surface area contributed by atoms with E-state index in [2.05, 4.69) is 48.9 Å². The van der Waals surface area contributed by atoms with Crippen molar-refractivity contribution in [2.75, 3.05) is 14.1 Å². The molecule has 0 aliphatic heterocycles. The number of nitrogens with one attached hydrogen (secondary N) is 2. The van der Waals surface area contributed by atoms with Crippen LogP contribution in [0, 0.1) is 0 Å². The summed E-state index contributed by atoms with van der Waals surface area (Å²) in [5, 5.41) is 5.88. The van der Waals surface area contributed by atoms with Crippen molar-refractivity contribution < 1.29 is 9.69 Å². The summed E-state index contributed by atoms with van der Waals surface area (Å²) in [5.41, 5.74) is 5.56. The van der Waals surface area contributed by atoms with Gasteiger partial charge in [0.2, 0.25) is 0 Å². The zero-order chi connectivity index (χ0) is 19.2. The van der Waals surface area contributed by atoms with Crippen LogP contribution in [0.4, 0.5) is 0 Å². The molecule has 4 nitrogen and oxygen atoms in total. The summed E-state index contributed by atoms with van der Waals surface area (Å²) in [6, 6.07) is 16.5. The zero-order valence-corrected chi connectivity index (χ0v) is 16.9. The minimum Gasteiger partial charge on any atom is -0.355 e. The molecule has 3 aromatic rings. The highest BCUT2D eigenvalue weighted by Gasteiger charge is 2.11. The number of aryl methyl sites for hydroxylation is 1. The molecular weight excluding hydrogens is 354 g/mol. The highest BCUT2D eigenvalue weighted by Crippen LogP contribution is 2.24. The molecular formula is C22H26N3OS+. The fourth-order valence-electron chi connectivity index (χ4n) is 3.04. The van der Waals surface area contributed by atoms with Crippen LogP contribution in [0.5, 0.6) is 0 Å². The Morgan fingerprint density at radius 3 is 2.33 bits per heavy atom. The Morgan fingerprint density at radius 1 is 1.04 bits per heavy atom. The first-order valence-corrected chi connectivity index (χ1v) is 10.1. The molecule has 2 aromatic carbocycles. The molecule has 0 aliphatic carbocycles. The Bertz CT molecular complexity index is 885. The van der Waals surface area contributed by atoms with Crippen molar-refractivity contribution in [1.82, 2.24) is 10.3 Å². The van der Waals surface area contributed by atoms with E-state index < -0.39 is 0 Å². The van der Waals surface area contributed by atoms with Crippen LogP contribution < -0.4 is 10.2 Å². The lowest BCUT2D eigenvalue weighted by atomic mass is 10.1. The molecule has 3 rings (SSSR count). The molecule has 1 amide bonds.